The molecule has 6 nitrogen and oxygen atoms in total. The summed E-state index contributed by atoms with van der Waals surface area (Å²) in [5.74, 6) is 0.693. The molecule has 0 unspecified atom stereocenters. The van der Waals surface area contributed by atoms with E-state index in [9.17, 15) is 4.79 Å². The number of hydrogen-bond acceptors (Lipinski definition) is 5. The number of aryl methyl sites for hydroxylation is 1. The minimum absolute atomic E-state index is 0.112. The molecule has 0 aliphatic carbocycles. The number of nitrogens with zero attached hydrogens (tertiary/aromatic N) is 3. The summed E-state index contributed by atoms with van der Waals surface area (Å²) in [6.45, 7) is 6.98. The van der Waals surface area contributed by atoms with Gasteiger partial charge in [0, 0.05) is 13.1 Å². The van der Waals surface area contributed by atoms with Gasteiger partial charge in [-0.25, -0.2) is 9.97 Å². The zero-order chi connectivity index (χ0) is 20.3. The highest BCUT2D eigenvalue weighted by Crippen LogP contribution is 2.33. The molecular formula is C21H23BrN4O2. The highest BCUT2D eigenvalue weighted by Gasteiger charge is 2.22. The molecule has 3 rings (SSSR count). The van der Waals surface area contributed by atoms with Crippen molar-refractivity contribution in [3.63, 3.8) is 0 Å². The molecule has 28 heavy (non-hydrogen) atoms. The predicted octanol–water partition coefficient (Wildman–Crippen LogP) is 4.34. The van der Waals surface area contributed by atoms with Gasteiger partial charge in [0.2, 0.25) is 5.95 Å². The van der Waals surface area contributed by atoms with E-state index in [1.54, 1.807) is 11.8 Å². The maximum atomic E-state index is 13.0. The summed E-state index contributed by atoms with van der Waals surface area (Å²) in [4.78, 5) is 23.2. The summed E-state index contributed by atoms with van der Waals surface area (Å²) in [6.07, 6.45) is 0. The quantitative estimate of drug-likeness (QED) is 0.613. The molecule has 1 aromatic heterocycles. The van der Waals surface area contributed by atoms with Crippen LogP contribution in [0.1, 0.15) is 35.6 Å². The van der Waals surface area contributed by atoms with Gasteiger partial charge in [0.15, 0.2) is 0 Å². The number of ether oxygens (including phenoxy) is 1. The van der Waals surface area contributed by atoms with Crippen molar-refractivity contribution in [3.05, 3.63) is 57.8 Å². The Labute approximate surface area is 172 Å². The number of anilines is 1. The SMILES string of the molecule is CCN(CC)C(=O)c1c(C)nc(N)nc1COc1ccc2ccccc2c1Br. The third kappa shape index (κ3) is 3.94. The minimum Gasteiger partial charge on any atom is -0.486 e. The van der Waals surface area contributed by atoms with Crippen LogP contribution in [0.2, 0.25) is 0 Å². The highest BCUT2D eigenvalue weighted by atomic mass is 79.9. The molecule has 1 amide bonds. The van der Waals surface area contributed by atoms with E-state index in [1.165, 1.54) is 0 Å². The van der Waals surface area contributed by atoms with Crippen LogP contribution in [0.3, 0.4) is 0 Å². The molecule has 0 fully saturated rings. The van der Waals surface area contributed by atoms with Crippen LogP contribution in [0, 0.1) is 6.92 Å². The second-order valence-corrected chi connectivity index (χ2v) is 7.15. The number of rotatable bonds is 6. The Balaban J connectivity index is 1.94. The fraction of sp³-hybridized carbons (Fsp3) is 0.286. The van der Waals surface area contributed by atoms with Gasteiger partial charge >= 0.3 is 0 Å². The molecule has 0 saturated carbocycles. The fourth-order valence-corrected chi connectivity index (χ4v) is 3.79. The average molecular weight is 443 g/mol. The van der Waals surface area contributed by atoms with Crippen LogP contribution in [0.15, 0.2) is 40.9 Å². The van der Waals surface area contributed by atoms with Gasteiger partial charge in [0.1, 0.15) is 12.4 Å². The number of carbonyl (C=O) groups is 1. The largest absolute Gasteiger partial charge is 0.486 e. The zero-order valence-corrected chi connectivity index (χ0v) is 17.8. The first-order valence-electron chi connectivity index (χ1n) is 9.18. The van der Waals surface area contributed by atoms with Crippen molar-refractivity contribution in [2.45, 2.75) is 27.4 Å². The normalized spacial score (nSPS) is 10.9. The van der Waals surface area contributed by atoms with E-state index in [2.05, 4.69) is 25.9 Å². The van der Waals surface area contributed by atoms with Crippen LogP contribution in [0.25, 0.3) is 10.8 Å². The molecule has 1 heterocycles. The van der Waals surface area contributed by atoms with Crippen molar-refractivity contribution < 1.29 is 9.53 Å². The first-order valence-corrected chi connectivity index (χ1v) is 9.97. The molecule has 146 valence electrons. The second kappa shape index (κ2) is 8.56. The van der Waals surface area contributed by atoms with Crippen molar-refractivity contribution in [1.29, 1.82) is 0 Å². The van der Waals surface area contributed by atoms with Gasteiger partial charge in [-0.05, 0) is 53.5 Å². The lowest BCUT2D eigenvalue weighted by Gasteiger charge is -2.21. The monoisotopic (exact) mass is 442 g/mol. The Kier molecular flexibility index (Phi) is 6.14. The Hall–Kier alpha value is -2.67. The molecule has 7 heteroatoms. The topological polar surface area (TPSA) is 81.3 Å². The summed E-state index contributed by atoms with van der Waals surface area (Å²) >= 11 is 3.62. The number of nitrogen functional groups attached to an aromatic ring is 1. The van der Waals surface area contributed by atoms with Gasteiger partial charge in [0.25, 0.3) is 5.91 Å². The number of carbonyl (C=O) groups excluding carboxylic acids is 1. The molecule has 0 bridgehead atoms. The lowest BCUT2D eigenvalue weighted by atomic mass is 10.1. The maximum Gasteiger partial charge on any atom is 0.257 e. The van der Waals surface area contributed by atoms with E-state index in [1.807, 2.05) is 50.2 Å². The van der Waals surface area contributed by atoms with Crippen LogP contribution >= 0.6 is 15.9 Å². The second-order valence-electron chi connectivity index (χ2n) is 6.35. The number of hydrogen-bond donors (Lipinski definition) is 1. The van der Waals surface area contributed by atoms with E-state index >= 15 is 0 Å². The summed E-state index contributed by atoms with van der Waals surface area (Å²) < 4.78 is 6.88. The molecule has 0 aliphatic heterocycles. The molecular weight excluding hydrogens is 420 g/mol. The van der Waals surface area contributed by atoms with E-state index in [4.69, 9.17) is 10.5 Å². The molecule has 0 saturated heterocycles. The summed E-state index contributed by atoms with van der Waals surface area (Å²) in [5, 5.41) is 2.17. The van der Waals surface area contributed by atoms with Crippen LogP contribution in [-0.4, -0.2) is 33.9 Å². The van der Waals surface area contributed by atoms with Crippen molar-refractivity contribution in [2.75, 3.05) is 18.8 Å². The Morgan fingerprint density at radius 3 is 2.57 bits per heavy atom. The lowest BCUT2D eigenvalue weighted by molar-refractivity contribution is 0.0768. The standard InChI is InChI=1S/C21H23BrN4O2/c1-4-26(5-2)20(27)18-13(3)24-21(23)25-16(18)12-28-17-11-10-14-8-6-7-9-15(14)19(17)22/h6-11H,4-5,12H2,1-3H3,(H2,23,24,25). The molecule has 0 radical (unpaired) electrons. The van der Waals surface area contributed by atoms with Crippen molar-refractivity contribution in [3.8, 4) is 5.75 Å². The van der Waals surface area contributed by atoms with Gasteiger partial charge < -0.3 is 15.4 Å². The third-order valence-electron chi connectivity index (χ3n) is 4.64. The van der Waals surface area contributed by atoms with Gasteiger partial charge in [-0.15, -0.1) is 0 Å². The molecule has 0 atom stereocenters. The number of nitrogens with two attached hydrogens (primary N) is 1. The van der Waals surface area contributed by atoms with Gasteiger partial charge in [0.05, 0.1) is 21.4 Å². The van der Waals surface area contributed by atoms with Crippen molar-refractivity contribution in [1.82, 2.24) is 14.9 Å². The van der Waals surface area contributed by atoms with Crippen molar-refractivity contribution in [2.24, 2.45) is 0 Å². The molecule has 0 spiro atoms. The summed E-state index contributed by atoms with van der Waals surface area (Å²) in [5.41, 5.74) is 7.33. The van der Waals surface area contributed by atoms with E-state index in [-0.39, 0.29) is 18.5 Å². The van der Waals surface area contributed by atoms with Gasteiger partial charge in [-0.1, -0.05) is 30.3 Å². The summed E-state index contributed by atoms with van der Waals surface area (Å²) in [7, 11) is 0. The van der Waals surface area contributed by atoms with E-state index in [0.717, 1.165) is 15.2 Å². The highest BCUT2D eigenvalue weighted by molar-refractivity contribution is 9.10. The van der Waals surface area contributed by atoms with Crippen molar-refractivity contribution >= 4 is 38.6 Å². The average Bonchev–Trinajstić information content (AvgIpc) is 2.68. The van der Waals surface area contributed by atoms with Gasteiger partial charge in [-0.3, -0.25) is 4.79 Å². The first-order chi connectivity index (χ1) is 13.5. The Morgan fingerprint density at radius 1 is 1.14 bits per heavy atom. The number of fused-ring (bicyclic) bond motifs is 1. The smallest absolute Gasteiger partial charge is 0.257 e. The minimum atomic E-state index is -0.112. The number of halogens is 1. The molecule has 2 N–H and O–H groups in total. The van der Waals surface area contributed by atoms with Crippen LogP contribution in [-0.2, 0) is 6.61 Å². The Bertz CT molecular complexity index is 1020. The number of amides is 1. The Morgan fingerprint density at radius 2 is 1.86 bits per heavy atom. The lowest BCUT2D eigenvalue weighted by Crippen LogP contribution is -2.32. The number of aromatic nitrogens is 2. The third-order valence-corrected chi connectivity index (χ3v) is 5.46. The molecule has 3 aromatic rings. The van der Waals surface area contributed by atoms with E-state index < -0.39 is 0 Å². The number of benzene rings is 2. The van der Waals surface area contributed by atoms with Crippen LogP contribution < -0.4 is 10.5 Å². The maximum absolute atomic E-state index is 13.0. The molecule has 2 aromatic carbocycles. The first kappa shape index (κ1) is 20.1. The predicted molar refractivity (Wildman–Crippen MR) is 114 cm³/mol. The van der Waals surface area contributed by atoms with Crippen LogP contribution in [0.4, 0.5) is 5.95 Å². The van der Waals surface area contributed by atoms with Gasteiger partial charge in [-0.2, -0.15) is 0 Å². The van der Waals surface area contributed by atoms with Crippen LogP contribution in [0.5, 0.6) is 5.75 Å². The summed E-state index contributed by atoms with van der Waals surface area (Å²) in [6, 6.07) is 11.9. The zero-order valence-electron chi connectivity index (χ0n) is 16.2. The molecule has 0 aliphatic rings. The fourth-order valence-electron chi connectivity index (χ4n) is 3.18. The van der Waals surface area contributed by atoms with E-state index in [0.29, 0.717) is 35.8 Å².